The topological polar surface area (TPSA) is 126 Å². The molecular weight excluding hydrogens is 272 g/mol. The fourth-order valence-electron chi connectivity index (χ4n) is 1.79. The van der Waals surface area contributed by atoms with E-state index in [1.54, 1.807) is 31.2 Å². The van der Waals surface area contributed by atoms with Crippen LogP contribution in [0.1, 0.15) is 35.0 Å². The average molecular weight is 288 g/mol. The van der Waals surface area contributed by atoms with Crippen molar-refractivity contribution in [1.29, 1.82) is 0 Å². The predicted molar refractivity (Wildman–Crippen MR) is 76.6 cm³/mol. The number of amides is 3. The number of H-pyrrole nitrogens is 1. The third kappa shape index (κ3) is 3.78. The van der Waals surface area contributed by atoms with Gasteiger partial charge in [0.05, 0.1) is 6.04 Å². The first-order valence-electron chi connectivity index (χ1n) is 6.32. The van der Waals surface area contributed by atoms with E-state index in [9.17, 15) is 9.59 Å². The van der Waals surface area contributed by atoms with E-state index >= 15 is 0 Å². The lowest BCUT2D eigenvalue weighted by atomic mass is 10.1. The van der Waals surface area contributed by atoms with Gasteiger partial charge < -0.3 is 16.4 Å². The van der Waals surface area contributed by atoms with Crippen LogP contribution < -0.4 is 16.4 Å². The molecular formula is C13H16N6O2. The first kappa shape index (κ1) is 14.5. The van der Waals surface area contributed by atoms with Gasteiger partial charge in [-0.2, -0.15) is 0 Å². The number of aromatic amines is 1. The van der Waals surface area contributed by atoms with Crippen LogP contribution in [0, 0.1) is 6.92 Å². The third-order valence-electron chi connectivity index (χ3n) is 2.83. The molecule has 2 rings (SSSR count). The number of urea groups is 1. The molecule has 1 heterocycles. The zero-order valence-corrected chi connectivity index (χ0v) is 11.7. The summed E-state index contributed by atoms with van der Waals surface area (Å²) in [5, 5.41) is 11.7. The van der Waals surface area contributed by atoms with Crippen molar-refractivity contribution < 1.29 is 9.59 Å². The normalized spacial score (nSPS) is 11.7. The van der Waals surface area contributed by atoms with Gasteiger partial charge in [0.25, 0.3) is 5.91 Å². The van der Waals surface area contributed by atoms with E-state index in [0.29, 0.717) is 11.5 Å². The number of nitrogens with two attached hydrogens (primary N) is 1. The van der Waals surface area contributed by atoms with Gasteiger partial charge in [-0.1, -0.05) is 12.1 Å². The second-order valence-electron chi connectivity index (χ2n) is 4.55. The maximum absolute atomic E-state index is 11.9. The molecule has 0 saturated heterocycles. The summed E-state index contributed by atoms with van der Waals surface area (Å²) < 4.78 is 0. The molecule has 110 valence electrons. The molecule has 3 amide bonds. The SMILES string of the molecule is Cc1nc(C(=O)NC(C)c2ccc(NC(N)=O)cc2)n[nH]1. The summed E-state index contributed by atoms with van der Waals surface area (Å²) in [6, 6.07) is 6.15. The number of rotatable bonds is 4. The molecule has 0 fully saturated rings. The number of nitrogens with one attached hydrogen (secondary N) is 3. The van der Waals surface area contributed by atoms with Crippen LogP contribution in [-0.4, -0.2) is 27.1 Å². The highest BCUT2D eigenvalue weighted by molar-refractivity contribution is 5.90. The molecule has 8 nitrogen and oxygen atoms in total. The summed E-state index contributed by atoms with van der Waals surface area (Å²) in [5.74, 6) is 0.326. The van der Waals surface area contributed by atoms with E-state index in [-0.39, 0.29) is 17.8 Å². The molecule has 2 aromatic rings. The van der Waals surface area contributed by atoms with Crippen LogP contribution in [-0.2, 0) is 0 Å². The summed E-state index contributed by atoms with van der Waals surface area (Å²) in [7, 11) is 0. The van der Waals surface area contributed by atoms with Gasteiger partial charge in [-0.05, 0) is 31.5 Å². The lowest BCUT2D eigenvalue weighted by molar-refractivity contribution is 0.0929. The van der Waals surface area contributed by atoms with Crippen LogP contribution in [0.4, 0.5) is 10.5 Å². The van der Waals surface area contributed by atoms with Gasteiger partial charge in [0.2, 0.25) is 5.82 Å². The molecule has 0 saturated carbocycles. The van der Waals surface area contributed by atoms with Crippen molar-refractivity contribution in [2.24, 2.45) is 5.73 Å². The quantitative estimate of drug-likeness (QED) is 0.671. The Labute approximate surface area is 121 Å². The summed E-state index contributed by atoms with van der Waals surface area (Å²) in [5.41, 5.74) is 6.50. The van der Waals surface area contributed by atoms with Gasteiger partial charge in [-0.25, -0.2) is 9.78 Å². The third-order valence-corrected chi connectivity index (χ3v) is 2.83. The van der Waals surface area contributed by atoms with Crippen molar-refractivity contribution in [2.45, 2.75) is 19.9 Å². The Kier molecular flexibility index (Phi) is 4.17. The van der Waals surface area contributed by atoms with E-state index in [4.69, 9.17) is 5.73 Å². The summed E-state index contributed by atoms with van der Waals surface area (Å²) in [4.78, 5) is 26.6. The first-order chi connectivity index (χ1) is 9.95. The second kappa shape index (κ2) is 6.04. The highest BCUT2D eigenvalue weighted by Gasteiger charge is 2.15. The van der Waals surface area contributed by atoms with Crippen LogP contribution in [0.25, 0.3) is 0 Å². The number of nitrogens with zero attached hydrogens (tertiary/aromatic N) is 2. The van der Waals surface area contributed by atoms with E-state index in [1.807, 2.05) is 6.92 Å². The number of hydrogen-bond donors (Lipinski definition) is 4. The molecule has 0 aliphatic rings. The van der Waals surface area contributed by atoms with Gasteiger partial charge in [0.1, 0.15) is 5.82 Å². The Morgan fingerprint density at radius 3 is 2.48 bits per heavy atom. The highest BCUT2D eigenvalue weighted by Crippen LogP contribution is 2.16. The van der Waals surface area contributed by atoms with Crippen molar-refractivity contribution in [1.82, 2.24) is 20.5 Å². The maximum atomic E-state index is 11.9. The smallest absolute Gasteiger partial charge is 0.316 e. The van der Waals surface area contributed by atoms with Crippen molar-refractivity contribution >= 4 is 17.6 Å². The van der Waals surface area contributed by atoms with Gasteiger partial charge in [0.15, 0.2) is 0 Å². The minimum absolute atomic E-state index is 0.103. The zero-order valence-electron chi connectivity index (χ0n) is 11.7. The molecule has 21 heavy (non-hydrogen) atoms. The monoisotopic (exact) mass is 288 g/mol. The predicted octanol–water partition coefficient (Wildman–Crippen LogP) is 1.09. The molecule has 0 radical (unpaired) electrons. The van der Waals surface area contributed by atoms with Crippen LogP contribution in [0.2, 0.25) is 0 Å². The van der Waals surface area contributed by atoms with Crippen molar-refractivity contribution in [3.05, 3.63) is 41.5 Å². The highest BCUT2D eigenvalue weighted by atomic mass is 16.2. The Bertz CT molecular complexity index is 649. The van der Waals surface area contributed by atoms with E-state index in [1.165, 1.54) is 0 Å². The van der Waals surface area contributed by atoms with Crippen LogP contribution in [0.15, 0.2) is 24.3 Å². The van der Waals surface area contributed by atoms with E-state index in [2.05, 4.69) is 25.8 Å². The van der Waals surface area contributed by atoms with Crippen LogP contribution >= 0.6 is 0 Å². The fourth-order valence-corrected chi connectivity index (χ4v) is 1.79. The molecule has 1 aromatic heterocycles. The lowest BCUT2D eigenvalue weighted by Crippen LogP contribution is -2.27. The van der Waals surface area contributed by atoms with E-state index < -0.39 is 6.03 Å². The maximum Gasteiger partial charge on any atom is 0.316 e. The van der Waals surface area contributed by atoms with Crippen molar-refractivity contribution in [3.63, 3.8) is 0 Å². The number of carbonyl (C=O) groups excluding carboxylic acids is 2. The number of hydrogen-bond acceptors (Lipinski definition) is 4. The first-order valence-corrected chi connectivity index (χ1v) is 6.32. The summed E-state index contributed by atoms with van der Waals surface area (Å²) >= 11 is 0. The Hall–Kier alpha value is -2.90. The molecule has 0 bridgehead atoms. The minimum atomic E-state index is -0.621. The number of anilines is 1. The van der Waals surface area contributed by atoms with Crippen LogP contribution in [0.3, 0.4) is 0 Å². The standard InChI is InChI=1S/C13H16N6O2/c1-7(15-12(20)11-16-8(2)18-19-11)9-3-5-10(6-4-9)17-13(14)21/h3-7H,1-2H3,(H,15,20)(H3,14,17,21)(H,16,18,19). The van der Waals surface area contributed by atoms with Gasteiger partial charge in [-0.3, -0.25) is 9.89 Å². The molecule has 0 aliphatic carbocycles. The largest absolute Gasteiger partial charge is 0.351 e. The second-order valence-corrected chi connectivity index (χ2v) is 4.55. The molecule has 1 atom stereocenters. The van der Waals surface area contributed by atoms with E-state index in [0.717, 1.165) is 5.56 Å². The number of aromatic nitrogens is 3. The number of carbonyl (C=O) groups is 2. The number of benzene rings is 1. The summed E-state index contributed by atoms with van der Waals surface area (Å²) in [6.45, 7) is 3.56. The van der Waals surface area contributed by atoms with Gasteiger partial charge in [-0.15, -0.1) is 5.10 Å². The fraction of sp³-hybridized carbons (Fsp3) is 0.231. The molecule has 5 N–H and O–H groups in total. The number of primary amides is 1. The Morgan fingerprint density at radius 2 is 1.95 bits per heavy atom. The van der Waals surface area contributed by atoms with Crippen LogP contribution in [0.5, 0.6) is 0 Å². The van der Waals surface area contributed by atoms with Gasteiger partial charge in [0, 0.05) is 5.69 Å². The number of aryl methyl sites for hydroxylation is 1. The lowest BCUT2D eigenvalue weighted by Gasteiger charge is -2.13. The molecule has 1 unspecified atom stereocenters. The summed E-state index contributed by atoms with van der Waals surface area (Å²) in [6.07, 6.45) is 0. The molecule has 8 heteroatoms. The molecule has 1 aromatic carbocycles. The zero-order chi connectivity index (χ0) is 15.4. The molecule has 0 spiro atoms. The molecule has 0 aliphatic heterocycles. The Morgan fingerprint density at radius 1 is 1.29 bits per heavy atom. The Balaban J connectivity index is 2.01. The average Bonchev–Trinajstić information content (AvgIpc) is 2.85. The van der Waals surface area contributed by atoms with Crippen molar-refractivity contribution in [3.8, 4) is 0 Å². The minimum Gasteiger partial charge on any atom is -0.351 e. The van der Waals surface area contributed by atoms with Crippen molar-refractivity contribution in [2.75, 3.05) is 5.32 Å². The van der Waals surface area contributed by atoms with Gasteiger partial charge >= 0.3 is 6.03 Å².